The first kappa shape index (κ1) is 20.1. The second-order valence-corrected chi connectivity index (χ2v) is 7.85. The molecule has 0 bridgehead atoms. The fourth-order valence-corrected chi connectivity index (χ4v) is 4.23. The van der Waals surface area contributed by atoms with Crippen molar-refractivity contribution in [1.82, 2.24) is 9.80 Å². The van der Waals surface area contributed by atoms with Crippen molar-refractivity contribution in [3.8, 4) is 5.75 Å². The number of carbonyl (C=O) groups excluding carboxylic acids is 1. The Morgan fingerprint density at radius 2 is 1.96 bits per heavy atom. The lowest BCUT2D eigenvalue weighted by Crippen LogP contribution is -2.39. The molecule has 0 saturated carbocycles. The highest BCUT2D eigenvalue weighted by atomic mass is 32.2. The zero-order chi connectivity index (χ0) is 18.1. The molecule has 1 amide bonds. The standard InChI is InChI=1S/C20H32N2O2S/c1-4-21(11-5-6-20(23)22-12-14-25-15-13-22)17(2)16-18-7-9-19(24-3)10-8-18/h7-10,17H,4-6,11-16H2,1-3H3. The van der Waals surface area contributed by atoms with Crippen molar-refractivity contribution in [3.63, 3.8) is 0 Å². The van der Waals surface area contributed by atoms with Crippen LogP contribution in [-0.4, -0.2) is 66.5 Å². The van der Waals surface area contributed by atoms with Crippen LogP contribution >= 0.6 is 11.8 Å². The summed E-state index contributed by atoms with van der Waals surface area (Å²) in [5, 5.41) is 0. The Morgan fingerprint density at radius 1 is 1.28 bits per heavy atom. The van der Waals surface area contributed by atoms with E-state index in [0.717, 1.165) is 56.3 Å². The van der Waals surface area contributed by atoms with Crippen LogP contribution in [0.4, 0.5) is 0 Å². The summed E-state index contributed by atoms with van der Waals surface area (Å²) in [6, 6.07) is 8.80. The molecule has 1 aromatic rings. The fourth-order valence-electron chi connectivity index (χ4n) is 3.33. The van der Waals surface area contributed by atoms with Gasteiger partial charge in [-0.3, -0.25) is 4.79 Å². The van der Waals surface area contributed by atoms with Crippen molar-refractivity contribution in [2.75, 3.05) is 44.8 Å². The van der Waals surface area contributed by atoms with Crippen LogP contribution in [0.15, 0.2) is 24.3 Å². The van der Waals surface area contributed by atoms with Gasteiger partial charge in [-0.25, -0.2) is 0 Å². The average molecular weight is 365 g/mol. The third kappa shape index (κ3) is 6.55. The maximum Gasteiger partial charge on any atom is 0.222 e. The molecular weight excluding hydrogens is 332 g/mol. The predicted octanol–water partition coefficient (Wildman–Crippen LogP) is 3.30. The van der Waals surface area contributed by atoms with E-state index in [0.29, 0.717) is 18.4 Å². The van der Waals surface area contributed by atoms with E-state index < -0.39 is 0 Å². The van der Waals surface area contributed by atoms with Crippen LogP contribution < -0.4 is 4.74 Å². The smallest absolute Gasteiger partial charge is 0.222 e. The third-order valence-corrected chi connectivity index (χ3v) is 5.86. The highest BCUT2D eigenvalue weighted by Gasteiger charge is 2.17. The summed E-state index contributed by atoms with van der Waals surface area (Å²) in [5.74, 6) is 3.41. The Balaban J connectivity index is 1.74. The van der Waals surface area contributed by atoms with Gasteiger partial charge in [-0.2, -0.15) is 11.8 Å². The van der Waals surface area contributed by atoms with Gasteiger partial charge in [-0.05, 0) is 50.6 Å². The molecule has 1 heterocycles. The molecule has 1 saturated heterocycles. The van der Waals surface area contributed by atoms with Gasteiger partial charge >= 0.3 is 0 Å². The molecule has 4 nitrogen and oxygen atoms in total. The molecule has 2 rings (SSSR count). The molecule has 0 radical (unpaired) electrons. The van der Waals surface area contributed by atoms with E-state index in [1.165, 1.54) is 5.56 Å². The minimum absolute atomic E-state index is 0.333. The minimum atomic E-state index is 0.333. The monoisotopic (exact) mass is 364 g/mol. The number of thioether (sulfide) groups is 1. The number of benzene rings is 1. The quantitative estimate of drug-likeness (QED) is 0.673. The summed E-state index contributed by atoms with van der Waals surface area (Å²) in [5.41, 5.74) is 1.33. The maximum absolute atomic E-state index is 12.3. The van der Waals surface area contributed by atoms with E-state index in [1.54, 1.807) is 7.11 Å². The molecular formula is C20H32N2O2S. The second-order valence-electron chi connectivity index (χ2n) is 6.63. The summed E-state index contributed by atoms with van der Waals surface area (Å²) < 4.78 is 5.22. The maximum atomic E-state index is 12.3. The van der Waals surface area contributed by atoms with Crippen molar-refractivity contribution in [2.45, 2.75) is 39.2 Å². The summed E-state index contributed by atoms with van der Waals surface area (Å²) in [6.45, 7) is 8.34. The van der Waals surface area contributed by atoms with Gasteiger partial charge in [0.05, 0.1) is 7.11 Å². The van der Waals surface area contributed by atoms with E-state index in [1.807, 2.05) is 28.8 Å². The van der Waals surface area contributed by atoms with Gasteiger partial charge in [0.2, 0.25) is 5.91 Å². The van der Waals surface area contributed by atoms with Crippen molar-refractivity contribution in [3.05, 3.63) is 29.8 Å². The molecule has 0 spiro atoms. The lowest BCUT2D eigenvalue weighted by Gasteiger charge is -2.29. The molecule has 1 aliphatic rings. The summed E-state index contributed by atoms with van der Waals surface area (Å²) in [4.78, 5) is 16.8. The average Bonchev–Trinajstić information content (AvgIpc) is 2.66. The number of nitrogens with zero attached hydrogens (tertiary/aromatic N) is 2. The zero-order valence-electron chi connectivity index (χ0n) is 15.9. The van der Waals surface area contributed by atoms with Crippen LogP contribution in [0.5, 0.6) is 5.75 Å². The lowest BCUT2D eigenvalue weighted by atomic mass is 10.1. The molecule has 1 aliphatic heterocycles. The molecule has 0 aliphatic carbocycles. The molecule has 25 heavy (non-hydrogen) atoms. The number of ether oxygens (including phenoxy) is 1. The zero-order valence-corrected chi connectivity index (χ0v) is 16.7. The topological polar surface area (TPSA) is 32.8 Å². The molecule has 1 aromatic carbocycles. The van der Waals surface area contributed by atoms with Gasteiger partial charge in [-0.15, -0.1) is 0 Å². The van der Waals surface area contributed by atoms with E-state index in [-0.39, 0.29) is 0 Å². The van der Waals surface area contributed by atoms with E-state index >= 15 is 0 Å². The Morgan fingerprint density at radius 3 is 2.56 bits per heavy atom. The van der Waals surface area contributed by atoms with E-state index in [9.17, 15) is 4.79 Å². The van der Waals surface area contributed by atoms with Crippen LogP contribution in [-0.2, 0) is 11.2 Å². The summed E-state index contributed by atoms with van der Waals surface area (Å²) in [7, 11) is 1.69. The van der Waals surface area contributed by atoms with Crippen LogP contribution in [0.25, 0.3) is 0 Å². The van der Waals surface area contributed by atoms with E-state index in [2.05, 4.69) is 30.9 Å². The number of likely N-dealkylation sites (N-methyl/N-ethyl adjacent to an activating group) is 1. The predicted molar refractivity (Wildman–Crippen MR) is 107 cm³/mol. The number of carbonyl (C=O) groups is 1. The third-order valence-electron chi connectivity index (χ3n) is 4.92. The van der Waals surface area contributed by atoms with Gasteiger partial charge in [0.15, 0.2) is 0 Å². The summed E-state index contributed by atoms with van der Waals surface area (Å²) >= 11 is 1.95. The number of methoxy groups -OCH3 is 1. The van der Waals surface area contributed by atoms with Crippen molar-refractivity contribution in [1.29, 1.82) is 0 Å². The Labute approximate surface area is 156 Å². The molecule has 0 N–H and O–H groups in total. The Bertz CT molecular complexity index is 515. The van der Waals surface area contributed by atoms with Crippen molar-refractivity contribution >= 4 is 17.7 Å². The molecule has 5 heteroatoms. The van der Waals surface area contributed by atoms with Gasteiger partial charge < -0.3 is 14.5 Å². The first-order valence-corrected chi connectivity index (χ1v) is 10.5. The van der Waals surface area contributed by atoms with Crippen molar-refractivity contribution in [2.24, 2.45) is 0 Å². The van der Waals surface area contributed by atoms with Gasteiger partial charge in [0.25, 0.3) is 0 Å². The molecule has 140 valence electrons. The first-order chi connectivity index (χ1) is 12.1. The fraction of sp³-hybridized carbons (Fsp3) is 0.650. The number of rotatable bonds is 9. The molecule has 1 unspecified atom stereocenters. The van der Waals surface area contributed by atoms with Crippen LogP contribution in [0.3, 0.4) is 0 Å². The first-order valence-electron chi connectivity index (χ1n) is 9.36. The molecule has 1 fully saturated rings. The van der Waals surface area contributed by atoms with Gasteiger partial charge in [-0.1, -0.05) is 19.1 Å². The largest absolute Gasteiger partial charge is 0.497 e. The molecule has 0 aromatic heterocycles. The normalized spacial score (nSPS) is 16.1. The highest BCUT2D eigenvalue weighted by Crippen LogP contribution is 2.15. The van der Waals surface area contributed by atoms with E-state index in [4.69, 9.17) is 4.74 Å². The Hall–Kier alpha value is -1.20. The van der Waals surface area contributed by atoms with Gasteiger partial charge in [0, 0.05) is 37.1 Å². The second kappa shape index (κ2) is 10.7. The van der Waals surface area contributed by atoms with Crippen LogP contribution in [0.2, 0.25) is 0 Å². The Kier molecular flexibility index (Phi) is 8.62. The van der Waals surface area contributed by atoms with Crippen LogP contribution in [0, 0.1) is 0 Å². The SMILES string of the molecule is CCN(CCCC(=O)N1CCSCC1)C(C)Cc1ccc(OC)cc1. The van der Waals surface area contributed by atoms with Crippen molar-refractivity contribution < 1.29 is 9.53 Å². The minimum Gasteiger partial charge on any atom is -0.497 e. The summed E-state index contributed by atoms with van der Waals surface area (Å²) in [6.07, 6.45) is 2.65. The highest BCUT2D eigenvalue weighted by molar-refractivity contribution is 7.99. The molecule has 1 atom stereocenters. The van der Waals surface area contributed by atoms with Crippen LogP contribution in [0.1, 0.15) is 32.3 Å². The number of amides is 1. The lowest BCUT2D eigenvalue weighted by molar-refractivity contribution is -0.131. The number of hydrogen-bond acceptors (Lipinski definition) is 4. The van der Waals surface area contributed by atoms with Gasteiger partial charge in [0.1, 0.15) is 5.75 Å². The number of hydrogen-bond donors (Lipinski definition) is 0.